The first kappa shape index (κ1) is 10.5. The van der Waals surface area contributed by atoms with Crippen LogP contribution in [0.3, 0.4) is 0 Å². The highest BCUT2D eigenvalue weighted by Gasteiger charge is 2.01. The van der Waals surface area contributed by atoms with Crippen LogP contribution < -0.4 is 5.32 Å². The first-order chi connectivity index (χ1) is 6.72. The molecule has 1 aromatic heterocycles. The zero-order valence-electron chi connectivity index (χ0n) is 7.33. The summed E-state index contributed by atoms with van der Waals surface area (Å²) in [6.07, 6.45) is 8.45. The van der Waals surface area contributed by atoms with Gasteiger partial charge in [-0.25, -0.2) is 9.97 Å². The normalized spacial score (nSPS) is 9.14. The Morgan fingerprint density at radius 1 is 1.57 bits per heavy atom. The summed E-state index contributed by atoms with van der Waals surface area (Å²) in [5, 5.41) is 2.82. The smallest absolute Gasteiger partial charge is 0.226 e. The highest BCUT2D eigenvalue weighted by atomic mass is 35.5. The molecule has 1 aromatic rings. The van der Waals surface area contributed by atoms with Crippen molar-refractivity contribution in [2.24, 2.45) is 0 Å². The first-order valence-electron chi connectivity index (χ1n) is 3.93. The molecule has 0 aliphatic heterocycles. The minimum absolute atomic E-state index is 0.181. The number of hydrogen-bond acceptors (Lipinski definition) is 3. The van der Waals surface area contributed by atoms with Crippen molar-refractivity contribution >= 4 is 23.3 Å². The number of carbonyl (C=O) groups excluding carboxylic acids is 1. The summed E-state index contributed by atoms with van der Waals surface area (Å²) in [7, 11) is 0. The molecule has 0 radical (unpaired) electrons. The monoisotopic (exact) mass is 209 g/mol. The highest BCUT2D eigenvalue weighted by Crippen LogP contribution is 2.05. The quantitative estimate of drug-likeness (QED) is 0.768. The Labute approximate surface area is 86.7 Å². The first-order valence-corrected chi connectivity index (χ1v) is 4.31. The van der Waals surface area contributed by atoms with Gasteiger partial charge in [-0.05, 0) is 0 Å². The number of hydrogen-bond donors (Lipinski definition) is 1. The summed E-state index contributed by atoms with van der Waals surface area (Å²) in [6.45, 7) is 0. The SMILES string of the molecule is C#CCCC(=O)Nc1cnc(Cl)cn1. The van der Waals surface area contributed by atoms with Gasteiger partial charge < -0.3 is 5.32 Å². The predicted molar refractivity (Wildman–Crippen MR) is 53.7 cm³/mol. The fourth-order valence-electron chi connectivity index (χ4n) is 0.768. The number of nitrogens with one attached hydrogen (secondary N) is 1. The van der Waals surface area contributed by atoms with Crippen LogP contribution in [0.2, 0.25) is 5.15 Å². The van der Waals surface area contributed by atoms with Crippen LogP contribution >= 0.6 is 11.6 Å². The Balaban J connectivity index is 2.49. The number of rotatable bonds is 3. The van der Waals surface area contributed by atoms with Crippen LogP contribution in [-0.2, 0) is 4.79 Å². The summed E-state index contributed by atoms with van der Waals surface area (Å²) < 4.78 is 0. The lowest BCUT2D eigenvalue weighted by molar-refractivity contribution is -0.116. The number of carbonyl (C=O) groups is 1. The van der Waals surface area contributed by atoms with Crippen molar-refractivity contribution in [2.45, 2.75) is 12.8 Å². The summed E-state index contributed by atoms with van der Waals surface area (Å²) in [5.41, 5.74) is 0. The Hall–Kier alpha value is -1.60. The van der Waals surface area contributed by atoms with E-state index in [0.717, 1.165) is 0 Å². The number of halogens is 1. The maximum atomic E-state index is 11.1. The molecule has 0 aromatic carbocycles. The fraction of sp³-hybridized carbons (Fsp3) is 0.222. The van der Waals surface area contributed by atoms with E-state index < -0.39 is 0 Å². The summed E-state index contributed by atoms with van der Waals surface area (Å²) in [4.78, 5) is 18.8. The molecule has 0 unspecified atom stereocenters. The van der Waals surface area contributed by atoms with E-state index in [4.69, 9.17) is 18.0 Å². The second kappa shape index (κ2) is 5.20. The van der Waals surface area contributed by atoms with E-state index >= 15 is 0 Å². The van der Waals surface area contributed by atoms with Gasteiger partial charge in [0, 0.05) is 12.8 Å². The fourth-order valence-corrected chi connectivity index (χ4v) is 0.865. The minimum Gasteiger partial charge on any atom is -0.309 e. The minimum atomic E-state index is -0.181. The maximum Gasteiger partial charge on any atom is 0.226 e. The summed E-state index contributed by atoms with van der Waals surface area (Å²) in [5.74, 6) is 2.57. The number of amides is 1. The molecule has 4 nitrogen and oxygen atoms in total. The van der Waals surface area contributed by atoms with Crippen LogP contribution in [0, 0.1) is 12.3 Å². The molecule has 0 saturated heterocycles. The Morgan fingerprint density at radius 3 is 2.93 bits per heavy atom. The molecular weight excluding hydrogens is 202 g/mol. The third kappa shape index (κ3) is 3.42. The van der Waals surface area contributed by atoms with Gasteiger partial charge in [0.25, 0.3) is 0 Å². The van der Waals surface area contributed by atoms with E-state index in [1.165, 1.54) is 12.4 Å². The van der Waals surface area contributed by atoms with Crippen molar-refractivity contribution in [2.75, 3.05) is 5.32 Å². The lowest BCUT2D eigenvalue weighted by Gasteiger charge is -2.01. The van der Waals surface area contributed by atoms with Crippen molar-refractivity contribution in [1.29, 1.82) is 0 Å². The molecule has 0 aliphatic carbocycles. The van der Waals surface area contributed by atoms with Crippen molar-refractivity contribution in [3.8, 4) is 12.3 Å². The van der Waals surface area contributed by atoms with Crippen molar-refractivity contribution in [3.05, 3.63) is 17.5 Å². The van der Waals surface area contributed by atoms with Crippen LogP contribution in [0.5, 0.6) is 0 Å². The molecule has 1 N–H and O–H groups in total. The molecule has 1 rings (SSSR count). The average molecular weight is 210 g/mol. The van der Waals surface area contributed by atoms with E-state index in [0.29, 0.717) is 12.2 Å². The molecule has 0 spiro atoms. The number of nitrogens with zero attached hydrogens (tertiary/aromatic N) is 2. The molecule has 0 bridgehead atoms. The molecule has 72 valence electrons. The second-order valence-electron chi connectivity index (χ2n) is 2.48. The number of terminal acetylenes is 1. The zero-order valence-corrected chi connectivity index (χ0v) is 8.08. The predicted octanol–water partition coefficient (Wildman–Crippen LogP) is 1.48. The van der Waals surface area contributed by atoms with E-state index in [1.807, 2.05) is 0 Å². The van der Waals surface area contributed by atoms with Crippen LogP contribution in [0.4, 0.5) is 5.82 Å². The van der Waals surface area contributed by atoms with Crippen LogP contribution in [-0.4, -0.2) is 15.9 Å². The lowest BCUT2D eigenvalue weighted by atomic mass is 10.3. The highest BCUT2D eigenvalue weighted by molar-refractivity contribution is 6.29. The van der Waals surface area contributed by atoms with Gasteiger partial charge in [0.2, 0.25) is 5.91 Å². The summed E-state index contributed by atoms with van der Waals surface area (Å²) in [6, 6.07) is 0. The maximum absolute atomic E-state index is 11.1. The lowest BCUT2D eigenvalue weighted by Crippen LogP contribution is -2.12. The van der Waals surface area contributed by atoms with Crippen LogP contribution in [0.25, 0.3) is 0 Å². The van der Waals surface area contributed by atoms with Crippen molar-refractivity contribution < 1.29 is 4.79 Å². The van der Waals surface area contributed by atoms with E-state index in [1.54, 1.807) is 0 Å². The van der Waals surface area contributed by atoms with Crippen molar-refractivity contribution in [1.82, 2.24) is 9.97 Å². The van der Waals surface area contributed by atoms with Gasteiger partial charge in [0.1, 0.15) is 5.15 Å². The van der Waals surface area contributed by atoms with Gasteiger partial charge in [0.05, 0.1) is 12.4 Å². The molecular formula is C9H8ClN3O. The molecule has 5 heteroatoms. The van der Waals surface area contributed by atoms with E-state index in [2.05, 4.69) is 21.2 Å². The van der Waals surface area contributed by atoms with Crippen LogP contribution in [0.1, 0.15) is 12.8 Å². The van der Waals surface area contributed by atoms with Gasteiger partial charge in [-0.15, -0.1) is 12.3 Å². The van der Waals surface area contributed by atoms with E-state index in [-0.39, 0.29) is 17.5 Å². The third-order valence-electron chi connectivity index (χ3n) is 1.38. The van der Waals surface area contributed by atoms with Crippen LogP contribution in [0.15, 0.2) is 12.4 Å². The van der Waals surface area contributed by atoms with Gasteiger partial charge in [-0.1, -0.05) is 11.6 Å². The molecule has 0 atom stereocenters. The second-order valence-corrected chi connectivity index (χ2v) is 2.86. The standard InChI is InChI=1S/C9H8ClN3O/c1-2-3-4-9(14)13-8-6-11-7(10)5-12-8/h1,5-6H,3-4H2,(H,12,13,14). The molecule has 0 fully saturated rings. The van der Waals surface area contributed by atoms with Crippen molar-refractivity contribution in [3.63, 3.8) is 0 Å². The Bertz CT molecular complexity index is 355. The van der Waals surface area contributed by atoms with Gasteiger partial charge >= 0.3 is 0 Å². The molecule has 0 saturated carbocycles. The van der Waals surface area contributed by atoms with Gasteiger partial charge in [0.15, 0.2) is 5.82 Å². The van der Waals surface area contributed by atoms with Gasteiger partial charge in [-0.3, -0.25) is 4.79 Å². The topological polar surface area (TPSA) is 54.9 Å². The third-order valence-corrected chi connectivity index (χ3v) is 1.58. The zero-order chi connectivity index (χ0) is 10.4. The number of anilines is 1. The summed E-state index contributed by atoms with van der Waals surface area (Å²) >= 11 is 5.52. The van der Waals surface area contributed by atoms with E-state index in [9.17, 15) is 4.79 Å². The molecule has 1 amide bonds. The number of aromatic nitrogens is 2. The Morgan fingerprint density at radius 2 is 2.36 bits per heavy atom. The molecule has 1 heterocycles. The molecule has 0 aliphatic rings. The van der Waals surface area contributed by atoms with Gasteiger partial charge in [-0.2, -0.15) is 0 Å². The largest absolute Gasteiger partial charge is 0.309 e. The molecule has 14 heavy (non-hydrogen) atoms. The average Bonchev–Trinajstić information content (AvgIpc) is 2.18. The Kier molecular flexibility index (Phi) is 3.89.